The molecule has 0 fully saturated rings. The highest BCUT2D eigenvalue weighted by Gasteiger charge is 2.33. The highest BCUT2D eigenvalue weighted by atomic mass is 32.1. The fraction of sp³-hybridized carbons (Fsp3) is 0.400. The van der Waals surface area contributed by atoms with Crippen LogP contribution in [0.4, 0.5) is 5.00 Å². The molecule has 2 aromatic rings. The molecule has 2 aromatic heterocycles. The Labute approximate surface area is 162 Å². The number of hydrogen-bond donors (Lipinski definition) is 2. The summed E-state index contributed by atoms with van der Waals surface area (Å²) < 4.78 is 0. The Morgan fingerprint density at radius 1 is 1.35 bits per heavy atom. The van der Waals surface area contributed by atoms with Crippen LogP contribution in [0.1, 0.15) is 52.9 Å². The Morgan fingerprint density at radius 2 is 2.12 bits per heavy atom. The van der Waals surface area contributed by atoms with Gasteiger partial charge < -0.3 is 11.1 Å². The monoisotopic (exact) mass is 388 g/mol. The van der Waals surface area contributed by atoms with Crippen molar-refractivity contribution in [3.05, 3.63) is 44.5 Å². The van der Waals surface area contributed by atoms with E-state index in [9.17, 15) is 9.59 Å². The predicted molar refractivity (Wildman–Crippen MR) is 110 cm³/mol. The van der Waals surface area contributed by atoms with Gasteiger partial charge >= 0.3 is 0 Å². The predicted octanol–water partition coefficient (Wildman–Crippen LogP) is 4.71. The lowest BCUT2D eigenvalue weighted by molar-refractivity contribution is -0.111. The van der Waals surface area contributed by atoms with Gasteiger partial charge in [-0.15, -0.1) is 22.7 Å². The first-order chi connectivity index (χ1) is 12.3. The Morgan fingerprint density at radius 3 is 2.73 bits per heavy atom. The molecule has 4 nitrogen and oxygen atoms in total. The van der Waals surface area contributed by atoms with Crippen LogP contribution in [0.5, 0.6) is 0 Å². The summed E-state index contributed by atoms with van der Waals surface area (Å²) in [7, 11) is 0. The van der Waals surface area contributed by atoms with Gasteiger partial charge in [0.05, 0.1) is 5.56 Å². The summed E-state index contributed by atoms with van der Waals surface area (Å²) in [5.74, 6) is -0.141. The number of rotatable bonds is 4. The number of hydrogen-bond acceptors (Lipinski definition) is 4. The maximum absolute atomic E-state index is 12.3. The summed E-state index contributed by atoms with van der Waals surface area (Å²) in [6.45, 7) is 6.76. The Balaban J connectivity index is 1.83. The zero-order valence-corrected chi connectivity index (χ0v) is 16.9. The number of carbonyl (C=O) groups excluding carboxylic acids is 2. The Kier molecular flexibility index (Phi) is 5.34. The van der Waals surface area contributed by atoms with Crippen LogP contribution in [-0.2, 0) is 17.6 Å². The molecular formula is C20H24N2O2S2. The van der Waals surface area contributed by atoms with Gasteiger partial charge in [-0.1, -0.05) is 26.8 Å². The molecular weight excluding hydrogens is 364 g/mol. The van der Waals surface area contributed by atoms with Gasteiger partial charge in [-0.25, -0.2) is 0 Å². The van der Waals surface area contributed by atoms with Crippen molar-refractivity contribution >= 4 is 45.6 Å². The molecule has 1 aliphatic carbocycles. The van der Waals surface area contributed by atoms with Crippen LogP contribution in [0.3, 0.4) is 0 Å². The fourth-order valence-corrected chi connectivity index (χ4v) is 5.33. The van der Waals surface area contributed by atoms with Crippen molar-refractivity contribution in [3.63, 3.8) is 0 Å². The lowest BCUT2D eigenvalue weighted by Gasteiger charge is -2.33. The van der Waals surface area contributed by atoms with Crippen molar-refractivity contribution in [1.82, 2.24) is 0 Å². The van der Waals surface area contributed by atoms with Crippen LogP contribution in [0.25, 0.3) is 6.08 Å². The maximum atomic E-state index is 12.3. The van der Waals surface area contributed by atoms with Crippen molar-refractivity contribution < 1.29 is 9.59 Å². The molecule has 0 radical (unpaired) electrons. The van der Waals surface area contributed by atoms with E-state index in [0.717, 1.165) is 29.7 Å². The topological polar surface area (TPSA) is 72.2 Å². The second kappa shape index (κ2) is 7.37. The summed E-state index contributed by atoms with van der Waals surface area (Å²) >= 11 is 3.06. The van der Waals surface area contributed by atoms with Crippen LogP contribution in [0.2, 0.25) is 0 Å². The minimum absolute atomic E-state index is 0.224. The van der Waals surface area contributed by atoms with E-state index in [0.29, 0.717) is 16.5 Å². The van der Waals surface area contributed by atoms with Crippen molar-refractivity contribution in [2.75, 3.05) is 5.32 Å². The molecule has 0 saturated carbocycles. The molecule has 2 amide bonds. The van der Waals surface area contributed by atoms with Gasteiger partial charge in [0.25, 0.3) is 5.91 Å². The van der Waals surface area contributed by atoms with Gasteiger partial charge in [0.2, 0.25) is 5.91 Å². The molecule has 1 aliphatic rings. The first-order valence-corrected chi connectivity index (χ1v) is 10.4. The number of primary amides is 1. The first kappa shape index (κ1) is 18.9. The average Bonchev–Trinajstić information content (AvgIpc) is 3.18. The molecule has 0 saturated heterocycles. The van der Waals surface area contributed by atoms with Crippen LogP contribution < -0.4 is 11.1 Å². The third-order valence-electron chi connectivity index (χ3n) is 4.92. The highest BCUT2D eigenvalue weighted by Crippen LogP contribution is 2.44. The van der Waals surface area contributed by atoms with Gasteiger partial charge in [0.1, 0.15) is 5.00 Å². The lowest BCUT2D eigenvalue weighted by Crippen LogP contribution is -2.27. The molecule has 1 atom stereocenters. The second-order valence-electron chi connectivity index (χ2n) is 7.72. The third kappa shape index (κ3) is 4.07. The molecule has 3 N–H and O–H groups in total. The van der Waals surface area contributed by atoms with E-state index in [1.165, 1.54) is 22.3 Å². The number of nitrogens with two attached hydrogens (primary N) is 1. The van der Waals surface area contributed by atoms with Crippen LogP contribution >= 0.6 is 22.7 Å². The van der Waals surface area contributed by atoms with E-state index >= 15 is 0 Å². The van der Waals surface area contributed by atoms with Gasteiger partial charge in [-0.2, -0.15) is 0 Å². The highest BCUT2D eigenvalue weighted by molar-refractivity contribution is 7.17. The maximum Gasteiger partial charge on any atom is 0.251 e. The molecule has 0 aliphatic heterocycles. The molecule has 2 heterocycles. The molecule has 26 heavy (non-hydrogen) atoms. The van der Waals surface area contributed by atoms with Crippen molar-refractivity contribution in [2.45, 2.75) is 40.0 Å². The quantitative estimate of drug-likeness (QED) is 0.745. The minimum Gasteiger partial charge on any atom is -0.365 e. The van der Waals surface area contributed by atoms with E-state index in [2.05, 4.69) is 26.1 Å². The minimum atomic E-state index is -0.464. The average molecular weight is 389 g/mol. The van der Waals surface area contributed by atoms with Crippen molar-refractivity contribution in [2.24, 2.45) is 17.1 Å². The SMILES string of the molecule is CC(C)(C)C1CCc2c(sc(NC(=O)/C=C/c3cccs3)c2C(N)=O)C1. The van der Waals surface area contributed by atoms with Crippen LogP contribution in [-0.4, -0.2) is 11.8 Å². The molecule has 1 unspecified atom stereocenters. The van der Waals surface area contributed by atoms with Crippen LogP contribution in [0, 0.1) is 11.3 Å². The summed E-state index contributed by atoms with van der Waals surface area (Å²) in [6, 6.07) is 3.88. The normalized spacial score (nSPS) is 17.3. The molecule has 3 rings (SSSR count). The fourth-order valence-electron chi connectivity index (χ4n) is 3.37. The number of amides is 2. The van der Waals surface area contributed by atoms with Gasteiger partial charge in [-0.3, -0.25) is 9.59 Å². The first-order valence-electron chi connectivity index (χ1n) is 8.72. The zero-order chi connectivity index (χ0) is 18.9. The van der Waals surface area contributed by atoms with E-state index in [4.69, 9.17) is 5.73 Å². The third-order valence-corrected chi connectivity index (χ3v) is 6.92. The number of thiophene rings is 2. The number of anilines is 1. The Bertz CT molecular complexity index is 842. The lowest BCUT2D eigenvalue weighted by atomic mass is 9.72. The summed E-state index contributed by atoms with van der Waals surface area (Å²) in [6.07, 6.45) is 6.08. The zero-order valence-electron chi connectivity index (χ0n) is 15.3. The number of fused-ring (bicyclic) bond motifs is 1. The number of carbonyl (C=O) groups is 2. The summed E-state index contributed by atoms with van der Waals surface area (Å²) in [5.41, 5.74) is 7.38. The van der Waals surface area contributed by atoms with Crippen molar-refractivity contribution in [3.8, 4) is 0 Å². The molecule has 0 spiro atoms. The van der Waals surface area contributed by atoms with E-state index < -0.39 is 5.91 Å². The summed E-state index contributed by atoms with van der Waals surface area (Å²) in [4.78, 5) is 26.5. The van der Waals surface area contributed by atoms with Gasteiger partial charge in [0.15, 0.2) is 0 Å². The molecule has 6 heteroatoms. The second-order valence-corrected chi connectivity index (χ2v) is 9.80. The number of nitrogens with one attached hydrogen (secondary N) is 1. The standard InChI is InChI=1S/C20H24N2O2S2/c1-20(2,3)12-6-8-14-15(11-12)26-19(17(14)18(21)24)22-16(23)9-7-13-5-4-10-25-13/h4-5,7,9-10,12H,6,8,11H2,1-3H3,(H2,21,24)(H,22,23)/b9-7+. The van der Waals surface area contributed by atoms with E-state index in [1.807, 2.05) is 17.5 Å². The Hall–Kier alpha value is -1.92. The van der Waals surface area contributed by atoms with Gasteiger partial charge in [0, 0.05) is 15.8 Å². The summed E-state index contributed by atoms with van der Waals surface area (Å²) in [5, 5.41) is 5.40. The van der Waals surface area contributed by atoms with Crippen molar-refractivity contribution in [1.29, 1.82) is 0 Å². The molecule has 0 aromatic carbocycles. The van der Waals surface area contributed by atoms with Gasteiger partial charge in [-0.05, 0) is 53.7 Å². The van der Waals surface area contributed by atoms with Crippen LogP contribution in [0.15, 0.2) is 23.6 Å². The van der Waals surface area contributed by atoms with E-state index in [1.54, 1.807) is 17.4 Å². The largest absolute Gasteiger partial charge is 0.365 e. The molecule has 138 valence electrons. The molecule has 0 bridgehead atoms. The van der Waals surface area contributed by atoms with E-state index in [-0.39, 0.29) is 11.3 Å². The smallest absolute Gasteiger partial charge is 0.251 e.